The van der Waals surface area contributed by atoms with Crippen LogP contribution in [-0.2, 0) is 0 Å². The van der Waals surface area contributed by atoms with E-state index >= 15 is 0 Å². The van der Waals surface area contributed by atoms with Crippen molar-refractivity contribution in [2.45, 2.75) is 6.92 Å². The minimum atomic E-state index is 0.896. The fourth-order valence-corrected chi connectivity index (χ4v) is 7.36. The molecule has 0 N–H and O–H groups in total. The summed E-state index contributed by atoms with van der Waals surface area (Å²) in [5.74, 6) is 0.896. The maximum absolute atomic E-state index is 4.77. The second kappa shape index (κ2) is 10.6. The number of nitrogens with zero attached hydrogens (tertiary/aromatic N) is 2. The Bertz CT molecular complexity index is 2340. The van der Waals surface area contributed by atoms with Crippen molar-refractivity contribution in [1.29, 1.82) is 0 Å². The highest BCUT2D eigenvalue weighted by Crippen LogP contribution is 2.49. The predicted octanol–water partition coefficient (Wildman–Crippen LogP) is 12.1. The maximum Gasteiger partial charge on any atom is 0.137 e. The molecule has 46 heavy (non-hydrogen) atoms. The summed E-state index contributed by atoms with van der Waals surface area (Å²) in [6.07, 6.45) is 1.86. The Morgan fingerprint density at radius 2 is 1.02 bits per heavy atom. The van der Waals surface area contributed by atoms with E-state index in [9.17, 15) is 0 Å². The zero-order valence-corrected chi connectivity index (χ0v) is 25.5. The molecule has 0 saturated heterocycles. The fourth-order valence-electron chi connectivity index (χ4n) is 7.36. The molecule has 2 heteroatoms. The van der Waals surface area contributed by atoms with Crippen molar-refractivity contribution in [3.63, 3.8) is 0 Å². The summed E-state index contributed by atoms with van der Waals surface area (Å²) in [5.41, 5.74) is 13.7. The van der Waals surface area contributed by atoms with Crippen LogP contribution in [0.3, 0.4) is 0 Å². The number of fused-ring (bicyclic) bond motifs is 4. The molecule has 0 atom stereocenters. The molecule has 0 spiro atoms. The van der Waals surface area contributed by atoms with Gasteiger partial charge in [0.2, 0.25) is 0 Å². The fraction of sp³-hybridized carbons (Fsp3) is 0.0227. The first-order chi connectivity index (χ1) is 22.8. The molecule has 1 aromatic heterocycles. The number of anilines is 3. The summed E-state index contributed by atoms with van der Waals surface area (Å²) in [5, 5.41) is 5.08. The van der Waals surface area contributed by atoms with Gasteiger partial charge in [-0.2, -0.15) is 0 Å². The molecule has 216 valence electrons. The molecule has 0 fully saturated rings. The van der Waals surface area contributed by atoms with Crippen LogP contribution in [0.15, 0.2) is 164 Å². The highest BCUT2D eigenvalue weighted by molar-refractivity contribution is 6.18. The van der Waals surface area contributed by atoms with E-state index in [1.165, 1.54) is 71.6 Å². The van der Waals surface area contributed by atoms with Crippen molar-refractivity contribution >= 4 is 38.7 Å². The van der Waals surface area contributed by atoms with E-state index in [4.69, 9.17) is 4.98 Å². The van der Waals surface area contributed by atoms with Crippen LogP contribution >= 0.6 is 0 Å². The van der Waals surface area contributed by atoms with E-state index in [2.05, 4.69) is 157 Å². The Morgan fingerprint density at radius 1 is 0.435 bits per heavy atom. The molecule has 0 amide bonds. The lowest BCUT2D eigenvalue weighted by Crippen LogP contribution is -2.13. The number of hydrogen-bond acceptors (Lipinski definition) is 2. The van der Waals surface area contributed by atoms with Crippen molar-refractivity contribution in [2.75, 3.05) is 4.90 Å². The van der Waals surface area contributed by atoms with Crippen LogP contribution in [0.1, 0.15) is 5.56 Å². The van der Waals surface area contributed by atoms with Crippen LogP contribution in [0, 0.1) is 6.92 Å². The van der Waals surface area contributed by atoms with E-state index in [-0.39, 0.29) is 0 Å². The third-order valence-electron chi connectivity index (χ3n) is 9.38. The predicted molar refractivity (Wildman–Crippen MR) is 194 cm³/mol. The monoisotopic (exact) mass is 586 g/mol. The molecular formula is C44H30N2. The third kappa shape index (κ3) is 4.08. The van der Waals surface area contributed by atoms with Gasteiger partial charge in [0.25, 0.3) is 0 Å². The second-order valence-electron chi connectivity index (χ2n) is 12.0. The quantitative estimate of drug-likeness (QED) is 0.199. The number of pyridine rings is 1. The first-order valence-corrected chi connectivity index (χ1v) is 15.8. The highest BCUT2D eigenvalue weighted by atomic mass is 15.2. The van der Waals surface area contributed by atoms with E-state index in [0.29, 0.717) is 0 Å². The Labute approximate surface area is 268 Å². The van der Waals surface area contributed by atoms with Crippen LogP contribution in [0.4, 0.5) is 17.2 Å². The first kappa shape index (κ1) is 26.4. The second-order valence-corrected chi connectivity index (χ2v) is 12.0. The van der Waals surface area contributed by atoms with Crippen LogP contribution < -0.4 is 4.90 Å². The average molecular weight is 587 g/mol. The number of hydrogen-bond donors (Lipinski definition) is 0. The smallest absolute Gasteiger partial charge is 0.137 e. The van der Waals surface area contributed by atoms with Crippen LogP contribution in [0.25, 0.3) is 66.1 Å². The molecule has 0 saturated carbocycles. The van der Waals surface area contributed by atoms with Gasteiger partial charge >= 0.3 is 0 Å². The van der Waals surface area contributed by atoms with Crippen molar-refractivity contribution in [1.82, 2.24) is 4.98 Å². The Kier molecular flexibility index (Phi) is 6.07. The van der Waals surface area contributed by atoms with E-state index < -0.39 is 0 Å². The summed E-state index contributed by atoms with van der Waals surface area (Å²) >= 11 is 0. The molecule has 0 unspecified atom stereocenters. The van der Waals surface area contributed by atoms with E-state index in [1.54, 1.807) is 0 Å². The van der Waals surface area contributed by atoms with Crippen molar-refractivity contribution in [3.8, 4) is 44.5 Å². The Balaban J connectivity index is 1.17. The Hall–Kier alpha value is -5.99. The summed E-state index contributed by atoms with van der Waals surface area (Å²) in [6.45, 7) is 2.21. The normalized spacial score (nSPS) is 11.6. The van der Waals surface area contributed by atoms with Gasteiger partial charge in [0.05, 0.1) is 5.69 Å². The molecule has 0 bridgehead atoms. The summed E-state index contributed by atoms with van der Waals surface area (Å²) in [6, 6.07) is 56.9. The minimum absolute atomic E-state index is 0.896. The number of aromatic nitrogens is 1. The number of para-hydroxylation sites is 1. The van der Waals surface area contributed by atoms with Crippen LogP contribution in [0.2, 0.25) is 0 Å². The molecule has 0 radical (unpaired) electrons. The van der Waals surface area contributed by atoms with Gasteiger partial charge in [0.1, 0.15) is 5.82 Å². The lowest BCUT2D eigenvalue weighted by atomic mass is 9.91. The van der Waals surface area contributed by atoms with Crippen LogP contribution in [-0.4, -0.2) is 4.98 Å². The third-order valence-corrected chi connectivity index (χ3v) is 9.38. The van der Waals surface area contributed by atoms with Gasteiger partial charge in [0, 0.05) is 17.3 Å². The lowest BCUT2D eigenvalue weighted by Gasteiger charge is -2.28. The lowest BCUT2D eigenvalue weighted by molar-refractivity contribution is 1.17. The SMILES string of the molecule is Cc1cc(-c2ccc(-c3ccc4c5c(cccc35)-c3ccccc3-4)cc2)c2ccccc2c1N(c1ccccc1)c1ccccn1. The zero-order chi connectivity index (χ0) is 30.6. The average Bonchev–Trinajstić information content (AvgIpc) is 3.45. The topological polar surface area (TPSA) is 16.1 Å². The summed E-state index contributed by atoms with van der Waals surface area (Å²) < 4.78 is 0. The van der Waals surface area contributed by atoms with Gasteiger partial charge in [0.15, 0.2) is 0 Å². The van der Waals surface area contributed by atoms with Crippen LogP contribution in [0.5, 0.6) is 0 Å². The van der Waals surface area contributed by atoms with Gasteiger partial charge in [-0.15, -0.1) is 0 Å². The van der Waals surface area contributed by atoms with Crippen molar-refractivity contribution in [3.05, 3.63) is 169 Å². The van der Waals surface area contributed by atoms with Crippen molar-refractivity contribution in [2.24, 2.45) is 0 Å². The largest absolute Gasteiger partial charge is 0.294 e. The maximum atomic E-state index is 4.77. The van der Waals surface area contributed by atoms with Crippen molar-refractivity contribution < 1.29 is 0 Å². The zero-order valence-electron chi connectivity index (χ0n) is 25.5. The Morgan fingerprint density at radius 3 is 1.76 bits per heavy atom. The van der Waals surface area contributed by atoms with Gasteiger partial charge in [-0.3, -0.25) is 4.90 Å². The number of aryl methyl sites for hydroxylation is 1. The van der Waals surface area contributed by atoms with Gasteiger partial charge < -0.3 is 0 Å². The van der Waals surface area contributed by atoms with Gasteiger partial charge in [-0.05, 0) is 103 Å². The summed E-state index contributed by atoms with van der Waals surface area (Å²) in [7, 11) is 0. The molecule has 1 heterocycles. The molecular weight excluding hydrogens is 556 g/mol. The van der Waals surface area contributed by atoms with E-state index in [0.717, 1.165) is 17.2 Å². The first-order valence-electron chi connectivity index (χ1n) is 15.8. The van der Waals surface area contributed by atoms with E-state index in [1.807, 2.05) is 18.3 Å². The number of benzene rings is 7. The standard InChI is InChI=1S/C44H30N2/c1-29-28-41(36-16-7-8-17-40(36)44(29)46(32-12-3-2-4-13-32)42-20-9-10-27-45-42)31-23-21-30(22-24-31)33-25-26-39-35-15-6-5-14-34(35)38-19-11-18-37(33)43(38)39/h2-28H,1H3. The molecule has 0 aliphatic heterocycles. The number of rotatable bonds is 5. The molecule has 2 nitrogen and oxygen atoms in total. The summed E-state index contributed by atoms with van der Waals surface area (Å²) in [4.78, 5) is 7.05. The minimum Gasteiger partial charge on any atom is -0.294 e. The highest BCUT2D eigenvalue weighted by Gasteiger charge is 2.23. The molecule has 1 aliphatic carbocycles. The molecule has 1 aliphatic rings. The molecule has 8 aromatic rings. The molecule has 9 rings (SSSR count). The molecule has 7 aromatic carbocycles. The van der Waals surface area contributed by atoms with Gasteiger partial charge in [-0.1, -0.05) is 127 Å². The van der Waals surface area contributed by atoms with Gasteiger partial charge in [-0.25, -0.2) is 4.98 Å².